The highest BCUT2D eigenvalue weighted by Crippen LogP contribution is 2.27. The zero-order valence-electron chi connectivity index (χ0n) is 11.3. The number of rotatable bonds is 2. The Balaban J connectivity index is 0.00000161. The molecule has 1 aromatic heterocycles. The summed E-state index contributed by atoms with van der Waals surface area (Å²) in [6.45, 7) is 2.05. The van der Waals surface area contributed by atoms with Gasteiger partial charge in [0.15, 0.2) is 5.78 Å². The quantitative estimate of drug-likeness (QED) is 0.884. The summed E-state index contributed by atoms with van der Waals surface area (Å²) in [5, 5.41) is 2.82. The smallest absolute Gasteiger partial charge is 0.257 e. The molecule has 0 aliphatic heterocycles. The molecule has 2 N–H and O–H groups in total. The molecule has 0 spiro atoms. The minimum atomic E-state index is -0.239. The van der Waals surface area contributed by atoms with Crippen LogP contribution in [0.1, 0.15) is 47.2 Å². The van der Waals surface area contributed by atoms with Crippen LogP contribution in [0.3, 0.4) is 0 Å². The highest BCUT2D eigenvalue weighted by Gasteiger charge is 2.28. The first kappa shape index (κ1) is 15.0. The van der Waals surface area contributed by atoms with Crippen molar-refractivity contribution in [2.45, 2.75) is 27.2 Å². The Bertz CT molecular complexity index is 659. The third-order valence-corrected chi connectivity index (χ3v) is 3.60. The summed E-state index contributed by atoms with van der Waals surface area (Å²) < 4.78 is 0. The van der Waals surface area contributed by atoms with Gasteiger partial charge in [0.25, 0.3) is 5.91 Å². The van der Waals surface area contributed by atoms with E-state index in [1.165, 1.54) is 0 Å². The normalized spacial score (nSPS) is 16.8. The molecule has 1 aromatic carbocycles. The molecule has 0 radical (unpaired) electrons. The molecule has 1 unspecified atom stereocenters. The van der Waals surface area contributed by atoms with Crippen LogP contribution in [-0.2, 0) is 6.42 Å². The molecule has 1 atom stereocenters. The second kappa shape index (κ2) is 5.95. The van der Waals surface area contributed by atoms with E-state index in [0.717, 1.165) is 17.8 Å². The first-order valence-corrected chi connectivity index (χ1v) is 6.75. The molecule has 1 aliphatic rings. The second-order valence-corrected chi connectivity index (χ2v) is 5.31. The molecule has 1 aliphatic carbocycles. The number of nitrogens with one attached hydrogen (secondary N) is 2. The second-order valence-electron chi connectivity index (χ2n) is 5.31. The van der Waals surface area contributed by atoms with Gasteiger partial charge in [-0.05, 0) is 24.5 Å². The highest BCUT2D eigenvalue weighted by atomic mass is 16.2. The van der Waals surface area contributed by atoms with Crippen LogP contribution in [0.25, 0.3) is 0 Å². The Kier molecular flexibility index (Phi) is 4.26. The van der Waals surface area contributed by atoms with Gasteiger partial charge >= 0.3 is 0 Å². The Hall–Kier alpha value is -2.36. The molecule has 4 nitrogen and oxygen atoms in total. The van der Waals surface area contributed by atoms with Crippen LogP contribution in [-0.4, -0.2) is 16.7 Å². The summed E-state index contributed by atoms with van der Waals surface area (Å²) in [6.07, 6.45) is 2.97. The number of benzene rings is 1. The van der Waals surface area contributed by atoms with Crippen LogP contribution >= 0.6 is 0 Å². The summed E-state index contributed by atoms with van der Waals surface area (Å²) in [7, 11) is 0. The van der Waals surface area contributed by atoms with E-state index in [9.17, 15) is 9.59 Å². The van der Waals surface area contributed by atoms with E-state index in [0.29, 0.717) is 23.5 Å². The number of hydrogen-bond donors (Lipinski definition) is 2. The molecule has 0 bridgehead atoms. The van der Waals surface area contributed by atoms with E-state index in [1.807, 2.05) is 37.3 Å². The summed E-state index contributed by atoms with van der Waals surface area (Å²) >= 11 is 0. The van der Waals surface area contributed by atoms with Gasteiger partial charge in [0.2, 0.25) is 0 Å². The number of anilines is 1. The summed E-state index contributed by atoms with van der Waals surface area (Å²) in [6, 6.07) is 9.24. The van der Waals surface area contributed by atoms with E-state index >= 15 is 0 Å². The van der Waals surface area contributed by atoms with E-state index in [1.54, 1.807) is 6.20 Å². The number of fused-ring (bicyclic) bond motifs is 1. The minimum absolute atomic E-state index is 0. The monoisotopic (exact) mass is 284 g/mol. The lowest BCUT2D eigenvalue weighted by atomic mass is 9.86. The predicted molar refractivity (Wildman–Crippen MR) is 83.7 cm³/mol. The average molecular weight is 284 g/mol. The fourth-order valence-electron chi connectivity index (χ4n) is 2.68. The molecule has 0 saturated carbocycles. The lowest BCUT2D eigenvalue weighted by molar-refractivity contribution is 0.0940. The number of H-pyrrole nitrogens is 1. The third kappa shape index (κ3) is 2.89. The number of aromatic amines is 1. The first-order chi connectivity index (χ1) is 9.65. The molecule has 4 heteroatoms. The Morgan fingerprint density at radius 3 is 2.67 bits per heavy atom. The van der Waals surface area contributed by atoms with Gasteiger partial charge < -0.3 is 10.3 Å². The van der Waals surface area contributed by atoms with Crippen LogP contribution in [0.2, 0.25) is 0 Å². The maximum absolute atomic E-state index is 12.3. The molecular formula is C17H20N2O2. The van der Waals surface area contributed by atoms with Gasteiger partial charge in [0.05, 0.1) is 11.1 Å². The van der Waals surface area contributed by atoms with Gasteiger partial charge in [0.1, 0.15) is 0 Å². The maximum Gasteiger partial charge on any atom is 0.257 e. The number of para-hydroxylation sites is 1. The largest absolute Gasteiger partial charge is 0.364 e. The Labute approximate surface area is 124 Å². The van der Waals surface area contributed by atoms with Gasteiger partial charge in [-0.3, -0.25) is 9.59 Å². The lowest BCUT2D eigenvalue weighted by Gasteiger charge is -2.17. The van der Waals surface area contributed by atoms with Crippen LogP contribution in [0.5, 0.6) is 0 Å². The van der Waals surface area contributed by atoms with Crippen LogP contribution in [0.4, 0.5) is 5.69 Å². The minimum Gasteiger partial charge on any atom is -0.364 e. The van der Waals surface area contributed by atoms with Crippen molar-refractivity contribution in [3.63, 3.8) is 0 Å². The van der Waals surface area contributed by atoms with Crippen LogP contribution in [0.15, 0.2) is 36.5 Å². The predicted octanol–water partition coefficient (Wildman–Crippen LogP) is 3.67. The van der Waals surface area contributed by atoms with E-state index in [4.69, 9.17) is 0 Å². The van der Waals surface area contributed by atoms with Gasteiger partial charge in [-0.25, -0.2) is 0 Å². The van der Waals surface area contributed by atoms with Crippen molar-refractivity contribution in [2.75, 3.05) is 5.32 Å². The number of Topliss-reactive ketones (excluding diaryl/α,β-unsaturated/α-hetero) is 1. The number of carbonyl (C=O) groups is 2. The Morgan fingerprint density at radius 1 is 1.24 bits per heavy atom. The van der Waals surface area contributed by atoms with E-state index in [-0.39, 0.29) is 19.1 Å². The van der Waals surface area contributed by atoms with Crippen molar-refractivity contribution in [3.05, 3.63) is 53.3 Å². The van der Waals surface area contributed by atoms with Crippen molar-refractivity contribution in [2.24, 2.45) is 5.92 Å². The van der Waals surface area contributed by atoms with Gasteiger partial charge in [0, 0.05) is 24.0 Å². The maximum atomic E-state index is 12.3. The fraction of sp³-hybridized carbons (Fsp3) is 0.294. The average Bonchev–Trinajstić information content (AvgIpc) is 2.84. The number of amides is 1. The summed E-state index contributed by atoms with van der Waals surface area (Å²) in [4.78, 5) is 27.5. The van der Waals surface area contributed by atoms with Crippen molar-refractivity contribution in [1.29, 1.82) is 0 Å². The third-order valence-electron chi connectivity index (χ3n) is 3.60. The summed E-state index contributed by atoms with van der Waals surface area (Å²) in [5.74, 6) is 0.147. The SMILES string of the molecule is C.CC1CC(=O)c2c(C(=O)Nc3ccccc3)c[nH]c2C1. The molecule has 2 aromatic rings. The first-order valence-electron chi connectivity index (χ1n) is 6.75. The van der Waals surface area contributed by atoms with Crippen LogP contribution in [0, 0.1) is 5.92 Å². The molecule has 0 saturated heterocycles. The lowest BCUT2D eigenvalue weighted by Crippen LogP contribution is -2.21. The van der Waals surface area contributed by atoms with Crippen LogP contribution < -0.4 is 5.32 Å². The van der Waals surface area contributed by atoms with Crippen molar-refractivity contribution < 1.29 is 9.59 Å². The van der Waals surface area contributed by atoms with Gasteiger partial charge in [-0.1, -0.05) is 32.5 Å². The van der Waals surface area contributed by atoms with Crippen molar-refractivity contribution in [3.8, 4) is 0 Å². The van der Waals surface area contributed by atoms with Crippen molar-refractivity contribution >= 4 is 17.4 Å². The summed E-state index contributed by atoms with van der Waals surface area (Å²) in [5.41, 5.74) is 2.62. The molecule has 1 amide bonds. The number of carbonyl (C=O) groups excluding carboxylic acids is 2. The molecular weight excluding hydrogens is 264 g/mol. The zero-order valence-corrected chi connectivity index (χ0v) is 11.3. The van der Waals surface area contributed by atoms with E-state index in [2.05, 4.69) is 10.3 Å². The standard InChI is InChI=1S/C16H16N2O2.CH4/c1-10-7-13-15(14(19)8-10)12(9-17-13)16(20)18-11-5-3-2-4-6-11;/h2-6,9-10,17H,7-8H2,1H3,(H,18,20);1H4. The molecule has 110 valence electrons. The topological polar surface area (TPSA) is 62.0 Å². The molecule has 21 heavy (non-hydrogen) atoms. The molecule has 1 heterocycles. The number of hydrogen-bond acceptors (Lipinski definition) is 2. The van der Waals surface area contributed by atoms with Crippen molar-refractivity contribution in [1.82, 2.24) is 4.98 Å². The highest BCUT2D eigenvalue weighted by molar-refractivity contribution is 6.13. The molecule has 3 rings (SSSR count). The number of ketones is 1. The zero-order chi connectivity index (χ0) is 14.1. The fourth-order valence-corrected chi connectivity index (χ4v) is 2.68. The number of aromatic nitrogens is 1. The Morgan fingerprint density at radius 2 is 1.95 bits per heavy atom. The van der Waals surface area contributed by atoms with Gasteiger partial charge in [-0.15, -0.1) is 0 Å². The van der Waals surface area contributed by atoms with E-state index < -0.39 is 0 Å². The molecule has 0 fully saturated rings. The van der Waals surface area contributed by atoms with Gasteiger partial charge in [-0.2, -0.15) is 0 Å².